The molecule has 0 saturated heterocycles. The van der Waals surface area contributed by atoms with E-state index < -0.39 is 0 Å². The molecule has 0 radical (unpaired) electrons. The van der Waals surface area contributed by atoms with E-state index >= 15 is 0 Å². The molecule has 0 aliphatic rings. The monoisotopic (exact) mass is 1100 g/mol. The lowest BCUT2D eigenvalue weighted by Gasteiger charge is -2.39. The second-order valence-corrected chi connectivity index (χ2v) is 26.9. The van der Waals surface area contributed by atoms with Crippen molar-refractivity contribution in [2.75, 3.05) is 0 Å². The summed E-state index contributed by atoms with van der Waals surface area (Å²) in [5.41, 5.74) is -0.208. The summed E-state index contributed by atoms with van der Waals surface area (Å²) < 4.78 is 0. The van der Waals surface area contributed by atoms with Crippen molar-refractivity contribution in [3.05, 3.63) is 0 Å². The fourth-order valence-electron chi connectivity index (χ4n) is 13.5. The molecule has 77 heavy (non-hydrogen) atoms. The first-order chi connectivity index (χ1) is 38.1. The Hall–Kier alpha value is 0.0200. The largest absolute Gasteiger partial charge is 0.287 e. The second-order valence-electron chi connectivity index (χ2n) is 26.4. The molecule has 0 spiro atoms. The van der Waals surface area contributed by atoms with Gasteiger partial charge in [-0.1, -0.05) is 439 Å². The van der Waals surface area contributed by atoms with Gasteiger partial charge in [0.05, 0.1) is 0 Å². The van der Waals surface area contributed by atoms with Crippen LogP contribution < -0.4 is 0 Å². The van der Waals surface area contributed by atoms with Gasteiger partial charge in [0.25, 0.3) is 0 Å². The first-order valence-corrected chi connectivity index (χ1v) is 37.8. The Labute approximate surface area is 495 Å². The van der Waals surface area contributed by atoms with Gasteiger partial charge in [0, 0.05) is 5.41 Å². The molecule has 0 rings (SSSR count). The maximum Gasteiger partial charge on any atom is 0.192 e. The van der Waals surface area contributed by atoms with Gasteiger partial charge in [0.1, 0.15) is 0 Å². The number of hydrogen-bond donors (Lipinski definition) is 1. The van der Waals surface area contributed by atoms with E-state index in [1.165, 1.54) is 424 Å². The first kappa shape index (κ1) is 77.0. The lowest BCUT2D eigenvalue weighted by molar-refractivity contribution is -0.124. The minimum Gasteiger partial charge on any atom is -0.287 e. The van der Waals surface area contributed by atoms with E-state index in [4.69, 9.17) is 12.6 Å². The fraction of sp³-hybridized carbons (Fsp3) is 0.987. The summed E-state index contributed by atoms with van der Waals surface area (Å²) in [5.74, 6) is 0.526. The van der Waals surface area contributed by atoms with E-state index in [9.17, 15) is 4.79 Å². The number of carbonyl (C=O) groups is 1. The minimum absolute atomic E-state index is 0.208. The molecule has 0 aliphatic carbocycles. The van der Waals surface area contributed by atoms with Gasteiger partial charge in [-0.3, -0.25) is 4.79 Å². The van der Waals surface area contributed by atoms with Gasteiger partial charge in [-0.2, -0.15) is 0 Å². The van der Waals surface area contributed by atoms with Crippen LogP contribution in [0.15, 0.2) is 0 Å². The smallest absolute Gasteiger partial charge is 0.192 e. The van der Waals surface area contributed by atoms with Crippen LogP contribution in [0.2, 0.25) is 0 Å². The van der Waals surface area contributed by atoms with Gasteiger partial charge < -0.3 is 0 Å². The fourth-order valence-corrected chi connectivity index (χ4v) is 13.9. The van der Waals surface area contributed by atoms with Crippen LogP contribution in [0.25, 0.3) is 0 Å². The van der Waals surface area contributed by atoms with E-state index in [0.717, 1.165) is 12.8 Å². The van der Waals surface area contributed by atoms with Gasteiger partial charge >= 0.3 is 0 Å². The van der Waals surface area contributed by atoms with E-state index in [1.807, 2.05) is 0 Å². The summed E-state index contributed by atoms with van der Waals surface area (Å²) in [4.78, 5) is 14.3. The van der Waals surface area contributed by atoms with Crippen molar-refractivity contribution < 1.29 is 4.79 Å². The summed E-state index contributed by atoms with van der Waals surface area (Å²) in [6.07, 6.45) is 95.3. The van der Waals surface area contributed by atoms with E-state index in [2.05, 4.69) is 27.7 Å². The van der Waals surface area contributed by atoms with Crippen molar-refractivity contribution in [2.45, 2.75) is 464 Å². The molecule has 0 fully saturated rings. The Kier molecular flexibility index (Phi) is 66.8. The third-order valence-corrected chi connectivity index (χ3v) is 19.4. The van der Waals surface area contributed by atoms with E-state index in [-0.39, 0.29) is 10.5 Å². The van der Waals surface area contributed by atoms with Gasteiger partial charge in [0.15, 0.2) is 5.12 Å². The topological polar surface area (TPSA) is 17.1 Å². The third kappa shape index (κ3) is 56.3. The summed E-state index contributed by atoms with van der Waals surface area (Å²) in [6.45, 7) is 9.28. The molecule has 0 amide bonds. The van der Waals surface area contributed by atoms with Crippen molar-refractivity contribution in [3.63, 3.8) is 0 Å². The molecule has 0 atom stereocenters. The Morgan fingerprint density at radius 3 is 0.494 bits per heavy atom. The highest BCUT2D eigenvalue weighted by atomic mass is 32.1. The SMILES string of the molecule is CCCCCCCCCCCCCCCCCCC(CCCCCCCCCCCCCCCCCC)C(CCCCCCCCCCCCCCCCCC)(CCCCCCCCCCCCCCCCCC)C(=O)S. The molecule has 0 aromatic heterocycles. The summed E-state index contributed by atoms with van der Waals surface area (Å²) in [6, 6.07) is 0. The molecular formula is C75H150OS. The van der Waals surface area contributed by atoms with Crippen LogP contribution in [-0.4, -0.2) is 5.12 Å². The van der Waals surface area contributed by atoms with Crippen molar-refractivity contribution >= 4 is 17.7 Å². The summed E-state index contributed by atoms with van der Waals surface area (Å²) in [5, 5.41) is 0.275. The van der Waals surface area contributed by atoms with Crippen molar-refractivity contribution in [1.82, 2.24) is 0 Å². The van der Waals surface area contributed by atoms with Crippen molar-refractivity contribution in [2.24, 2.45) is 11.3 Å². The van der Waals surface area contributed by atoms with Crippen molar-refractivity contribution in [1.29, 1.82) is 0 Å². The Morgan fingerprint density at radius 2 is 0.351 bits per heavy atom. The molecular weight excluding hydrogens is 949 g/mol. The number of rotatable bonds is 70. The number of unbranched alkanes of at least 4 members (excludes halogenated alkanes) is 60. The summed E-state index contributed by atoms with van der Waals surface area (Å²) >= 11 is 4.95. The average molecular weight is 1100 g/mol. The van der Waals surface area contributed by atoms with Gasteiger partial charge in [-0.05, 0) is 31.6 Å². The molecule has 0 aromatic rings. The maximum absolute atomic E-state index is 14.3. The number of carbonyl (C=O) groups excluding carboxylic acids is 1. The Balaban J connectivity index is 5.28. The van der Waals surface area contributed by atoms with Crippen LogP contribution in [0.1, 0.15) is 464 Å². The van der Waals surface area contributed by atoms with Crippen molar-refractivity contribution in [3.8, 4) is 0 Å². The zero-order chi connectivity index (χ0) is 55.7. The van der Waals surface area contributed by atoms with Gasteiger partial charge in [-0.15, -0.1) is 12.6 Å². The molecule has 0 N–H and O–H groups in total. The number of hydrogen-bond acceptors (Lipinski definition) is 1. The highest BCUT2D eigenvalue weighted by molar-refractivity contribution is 7.96. The van der Waals surface area contributed by atoms with Gasteiger partial charge in [-0.25, -0.2) is 0 Å². The molecule has 0 heterocycles. The lowest BCUT2D eigenvalue weighted by Crippen LogP contribution is -2.37. The normalized spacial score (nSPS) is 12.0. The standard InChI is InChI=1S/C75H150OS/c1-5-9-13-17-21-25-29-33-37-41-45-49-53-57-61-65-69-73(70-66-62-58-54-50-46-42-38-34-30-26-22-18-14-10-6-2)75(74(76)77,71-67-63-59-55-51-47-43-39-35-31-27-23-19-15-11-7-3)72-68-64-60-56-52-48-44-40-36-32-28-24-20-16-12-8-4/h73H,5-72H2,1-4H3,(H,76,77). The first-order valence-electron chi connectivity index (χ1n) is 37.3. The molecule has 2 heteroatoms. The molecule has 0 aromatic carbocycles. The zero-order valence-electron chi connectivity index (χ0n) is 54.5. The Bertz CT molecular complexity index is 996. The molecule has 462 valence electrons. The summed E-state index contributed by atoms with van der Waals surface area (Å²) in [7, 11) is 0. The Morgan fingerprint density at radius 1 is 0.221 bits per heavy atom. The minimum atomic E-state index is -0.208. The zero-order valence-corrected chi connectivity index (χ0v) is 55.4. The average Bonchev–Trinajstić information content (AvgIpc) is 3.43. The highest BCUT2D eigenvalue weighted by Gasteiger charge is 2.42. The lowest BCUT2D eigenvalue weighted by atomic mass is 9.65. The van der Waals surface area contributed by atoms with Crippen LogP contribution in [0.5, 0.6) is 0 Å². The van der Waals surface area contributed by atoms with E-state index in [0.29, 0.717) is 5.92 Å². The predicted molar refractivity (Wildman–Crippen MR) is 357 cm³/mol. The molecule has 1 nitrogen and oxygen atoms in total. The van der Waals surface area contributed by atoms with Crippen LogP contribution in [0.4, 0.5) is 0 Å². The van der Waals surface area contributed by atoms with E-state index in [1.54, 1.807) is 0 Å². The predicted octanol–water partition coefficient (Wildman–Crippen LogP) is 28.7. The van der Waals surface area contributed by atoms with Crippen LogP contribution >= 0.6 is 12.6 Å². The van der Waals surface area contributed by atoms with Crippen LogP contribution in [0.3, 0.4) is 0 Å². The van der Waals surface area contributed by atoms with Gasteiger partial charge in [0.2, 0.25) is 0 Å². The molecule has 0 saturated carbocycles. The molecule has 0 bridgehead atoms. The molecule has 0 unspecified atom stereocenters. The maximum atomic E-state index is 14.3. The van der Waals surface area contributed by atoms with Crippen LogP contribution in [-0.2, 0) is 4.79 Å². The highest BCUT2D eigenvalue weighted by Crippen LogP contribution is 2.46. The quantitative estimate of drug-likeness (QED) is 0.0474. The number of thiol groups is 1. The third-order valence-electron chi connectivity index (χ3n) is 19.0. The molecule has 0 aliphatic heterocycles. The van der Waals surface area contributed by atoms with Crippen LogP contribution in [0, 0.1) is 11.3 Å². The second kappa shape index (κ2) is 66.8.